The van der Waals surface area contributed by atoms with Gasteiger partial charge in [-0.05, 0) is 93.4 Å². The lowest BCUT2D eigenvalue weighted by Crippen LogP contribution is -2.42. The molecule has 1 saturated carbocycles. The zero-order valence-electron chi connectivity index (χ0n) is 21.4. The average Bonchev–Trinajstić information content (AvgIpc) is 3.61. The number of halogens is 4. The van der Waals surface area contributed by atoms with Gasteiger partial charge in [0.1, 0.15) is 17.7 Å². The van der Waals surface area contributed by atoms with Gasteiger partial charge >= 0.3 is 0 Å². The Hall–Kier alpha value is -1.89. The molecule has 0 aromatic heterocycles. The summed E-state index contributed by atoms with van der Waals surface area (Å²) in [6.07, 6.45) is 3.18. The highest BCUT2D eigenvalue weighted by Crippen LogP contribution is 2.46. The molecule has 3 aliphatic rings. The molecule has 0 radical (unpaired) electrons. The van der Waals surface area contributed by atoms with Crippen LogP contribution >= 0.6 is 23.2 Å². The van der Waals surface area contributed by atoms with Crippen LogP contribution in [-0.4, -0.2) is 54.7 Å². The quantitative estimate of drug-likeness (QED) is 0.359. The molecule has 2 saturated heterocycles. The third-order valence-electron chi connectivity index (χ3n) is 8.26. The van der Waals surface area contributed by atoms with Crippen LogP contribution in [0.1, 0.15) is 79.4 Å². The van der Waals surface area contributed by atoms with Crippen LogP contribution in [0, 0.1) is 11.2 Å². The molecule has 2 aromatic carbocycles. The number of carbonyl (C=O) groups excluding carboxylic acids is 1. The number of rotatable bonds is 7. The summed E-state index contributed by atoms with van der Waals surface area (Å²) in [4.78, 5) is 16.7. The summed E-state index contributed by atoms with van der Waals surface area (Å²) in [5.41, 5.74) is 1.98. The largest absolute Gasteiger partial charge is 0.493 e. The predicted molar refractivity (Wildman–Crippen MR) is 143 cm³/mol. The molecule has 0 unspecified atom stereocenters. The van der Waals surface area contributed by atoms with E-state index in [4.69, 9.17) is 27.9 Å². The number of amides is 1. The molecule has 2 aliphatic heterocycles. The van der Waals surface area contributed by atoms with Gasteiger partial charge in [0, 0.05) is 34.1 Å². The van der Waals surface area contributed by atoms with Gasteiger partial charge in [0.15, 0.2) is 0 Å². The van der Waals surface area contributed by atoms with E-state index in [0.717, 1.165) is 49.9 Å². The first-order chi connectivity index (χ1) is 17.6. The molecule has 8 heteroatoms. The zero-order chi connectivity index (χ0) is 26.3. The van der Waals surface area contributed by atoms with E-state index in [9.17, 15) is 9.18 Å². The highest BCUT2D eigenvalue weighted by atomic mass is 35.5. The minimum Gasteiger partial charge on any atom is -0.493 e. The van der Waals surface area contributed by atoms with Crippen LogP contribution in [0.15, 0.2) is 30.3 Å². The predicted octanol–water partition coefficient (Wildman–Crippen LogP) is 7.44. The van der Waals surface area contributed by atoms with Crippen LogP contribution in [0.5, 0.6) is 5.75 Å². The SMILES string of the molecule is C[C@@H](c1cc(Cl)cc(Cl)c1)N1CCC(C)(COc2cc(F)c(C(=O)N3CC[C@@H](F)C3)cc2C2CC2)CC1. The lowest BCUT2D eigenvalue weighted by atomic mass is 9.80. The number of ether oxygens (including phenoxy) is 1. The number of benzene rings is 2. The monoisotopic (exact) mass is 550 g/mol. The van der Waals surface area contributed by atoms with Gasteiger partial charge in [-0.25, -0.2) is 8.78 Å². The fraction of sp³-hybridized carbons (Fsp3) is 0.552. The number of likely N-dealkylation sites (tertiary alicyclic amines) is 2. The first-order valence-corrected chi connectivity index (χ1v) is 14.0. The summed E-state index contributed by atoms with van der Waals surface area (Å²) in [5, 5.41) is 1.28. The Kier molecular flexibility index (Phi) is 7.72. The van der Waals surface area contributed by atoms with Crippen molar-refractivity contribution in [1.29, 1.82) is 0 Å². The van der Waals surface area contributed by atoms with Gasteiger partial charge < -0.3 is 9.64 Å². The summed E-state index contributed by atoms with van der Waals surface area (Å²) in [6, 6.07) is 8.91. The molecule has 0 spiro atoms. The molecule has 37 heavy (non-hydrogen) atoms. The Morgan fingerprint density at radius 3 is 2.35 bits per heavy atom. The highest BCUT2D eigenvalue weighted by molar-refractivity contribution is 6.34. The number of alkyl halides is 1. The molecule has 0 bridgehead atoms. The van der Waals surface area contributed by atoms with E-state index in [1.807, 2.05) is 12.1 Å². The molecule has 200 valence electrons. The number of carbonyl (C=O) groups is 1. The Balaban J connectivity index is 1.24. The molecule has 3 fully saturated rings. The molecule has 5 rings (SSSR count). The average molecular weight is 552 g/mol. The Labute approximate surface area is 227 Å². The summed E-state index contributed by atoms with van der Waals surface area (Å²) < 4.78 is 35.0. The second-order valence-corrected chi connectivity index (χ2v) is 12.2. The van der Waals surface area contributed by atoms with Crippen molar-refractivity contribution in [3.05, 3.63) is 62.9 Å². The molecule has 2 heterocycles. The van der Waals surface area contributed by atoms with Gasteiger partial charge in [-0.2, -0.15) is 0 Å². The Morgan fingerprint density at radius 1 is 1.08 bits per heavy atom. The number of hydrogen-bond acceptors (Lipinski definition) is 3. The van der Waals surface area contributed by atoms with Gasteiger partial charge in [0.25, 0.3) is 5.91 Å². The fourth-order valence-electron chi connectivity index (χ4n) is 5.52. The van der Waals surface area contributed by atoms with Crippen molar-refractivity contribution in [1.82, 2.24) is 9.80 Å². The Bertz CT molecular complexity index is 1140. The lowest BCUT2D eigenvalue weighted by molar-refractivity contribution is 0.0509. The van der Waals surface area contributed by atoms with Gasteiger partial charge in [-0.3, -0.25) is 9.69 Å². The first kappa shape index (κ1) is 26.7. The van der Waals surface area contributed by atoms with Crippen LogP contribution in [0.25, 0.3) is 0 Å². The van der Waals surface area contributed by atoms with Crippen LogP contribution in [-0.2, 0) is 0 Å². The minimum atomic E-state index is -1.03. The van der Waals surface area contributed by atoms with Crippen molar-refractivity contribution >= 4 is 29.1 Å². The van der Waals surface area contributed by atoms with Gasteiger partial charge in [-0.15, -0.1) is 0 Å². The molecule has 0 N–H and O–H groups in total. The summed E-state index contributed by atoms with van der Waals surface area (Å²) in [7, 11) is 0. The van der Waals surface area contributed by atoms with E-state index in [1.54, 1.807) is 12.1 Å². The topological polar surface area (TPSA) is 32.8 Å². The maximum atomic E-state index is 15.1. The van der Waals surface area contributed by atoms with Gasteiger partial charge in [0.2, 0.25) is 0 Å². The van der Waals surface area contributed by atoms with Crippen LogP contribution in [0.3, 0.4) is 0 Å². The Morgan fingerprint density at radius 2 is 1.76 bits per heavy atom. The van der Waals surface area contributed by atoms with Crippen molar-refractivity contribution in [2.45, 2.75) is 64.1 Å². The van der Waals surface area contributed by atoms with Gasteiger partial charge in [0.05, 0.1) is 18.7 Å². The molecule has 1 aliphatic carbocycles. The maximum Gasteiger partial charge on any atom is 0.256 e. The minimum absolute atomic E-state index is 0.0259. The van der Waals surface area contributed by atoms with E-state index in [2.05, 4.69) is 18.7 Å². The van der Waals surface area contributed by atoms with Crippen molar-refractivity contribution in [3.63, 3.8) is 0 Å². The second-order valence-electron chi connectivity index (χ2n) is 11.3. The molecule has 1 amide bonds. The first-order valence-electron chi connectivity index (χ1n) is 13.2. The van der Waals surface area contributed by atoms with Crippen LogP contribution < -0.4 is 4.74 Å². The van der Waals surface area contributed by atoms with Crippen molar-refractivity contribution in [2.75, 3.05) is 32.8 Å². The van der Waals surface area contributed by atoms with Gasteiger partial charge in [-0.1, -0.05) is 30.1 Å². The molecule has 4 nitrogen and oxygen atoms in total. The van der Waals surface area contributed by atoms with E-state index in [0.29, 0.717) is 35.4 Å². The number of nitrogens with zero attached hydrogens (tertiary/aromatic N) is 2. The van der Waals surface area contributed by atoms with E-state index in [1.165, 1.54) is 11.0 Å². The summed E-state index contributed by atoms with van der Waals surface area (Å²) >= 11 is 12.4. The van der Waals surface area contributed by atoms with Crippen LogP contribution in [0.4, 0.5) is 8.78 Å². The summed E-state index contributed by atoms with van der Waals surface area (Å²) in [6.45, 7) is 7.06. The van der Waals surface area contributed by atoms with Crippen molar-refractivity contribution in [2.24, 2.45) is 5.41 Å². The maximum absolute atomic E-state index is 15.1. The number of hydrogen-bond donors (Lipinski definition) is 0. The van der Waals surface area contributed by atoms with E-state index >= 15 is 4.39 Å². The highest BCUT2D eigenvalue weighted by Gasteiger charge is 2.35. The molecule has 2 aromatic rings. The van der Waals surface area contributed by atoms with E-state index < -0.39 is 17.9 Å². The normalized spacial score (nSPS) is 22.8. The van der Waals surface area contributed by atoms with Crippen molar-refractivity contribution < 1.29 is 18.3 Å². The second kappa shape index (κ2) is 10.7. The van der Waals surface area contributed by atoms with Crippen molar-refractivity contribution in [3.8, 4) is 5.75 Å². The number of piperidine rings is 1. The third kappa shape index (κ3) is 6.07. The molecular weight excluding hydrogens is 517 g/mol. The standard InChI is InChI=1S/C29H34Cl2F2N2O2/c1-18(20-11-21(30)13-22(31)12-20)34-9-6-29(2,7-10-34)17-37-27-15-26(33)25(14-24(27)19-3-4-19)28(36)35-8-5-23(32)16-35/h11-15,18-19,23H,3-10,16-17H2,1-2H3/t18-,23+/m0/s1. The van der Waals surface area contributed by atoms with Crippen LogP contribution in [0.2, 0.25) is 10.0 Å². The third-order valence-corrected chi connectivity index (χ3v) is 8.70. The molecule has 2 atom stereocenters. The summed E-state index contributed by atoms with van der Waals surface area (Å²) in [5.74, 6) is -0.206. The molecular formula is C29H34Cl2F2N2O2. The smallest absolute Gasteiger partial charge is 0.256 e. The lowest BCUT2D eigenvalue weighted by Gasteiger charge is -2.42. The fourth-order valence-corrected chi connectivity index (χ4v) is 6.06. The van der Waals surface area contributed by atoms with E-state index in [-0.39, 0.29) is 29.5 Å². The zero-order valence-corrected chi connectivity index (χ0v) is 22.9.